The molecule has 0 bridgehead atoms. The van der Waals surface area contributed by atoms with E-state index in [1.165, 1.54) is 11.1 Å². The second-order valence-corrected chi connectivity index (χ2v) is 11.2. The van der Waals surface area contributed by atoms with E-state index in [4.69, 9.17) is 16.3 Å². The van der Waals surface area contributed by atoms with Gasteiger partial charge in [0.15, 0.2) is 0 Å². The lowest BCUT2D eigenvalue weighted by Crippen LogP contribution is -2.45. The van der Waals surface area contributed by atoms with E-state index >= 15 is 0 Å². The largest absolute Gasteiger partial charge is 0.467 e. The van der Waals surface area contributed by atoms with Crippen molar-refractivity contribution in [3.8, 4) is 17.1 Å². The van der Waals surface area contributed by atoms with Crippen LogP contribution in [-0.4, -0.2) is 40.7 Å². The molecule has 37 heavy (non-hydrogen) atoms. The number of aromatic nitrogens is 2. The van der Waals surface area contributed by atoms with Gasteiger partial charge in [0.1, 0.15) is 0 Å². The predicted octanol–water partition coefficient (Wildman–Crippen LogP) is 5.91. The van der Waals surface area contributed by atoms with E-state index in [1.54, 1.807) is 19.5 Å². The third-order valence-electron chi connectivity index (χ3n) is 8.45. The standard InChI is InChI=1S/C29H31ClIN3O3/c1-3-29-11-10-22(21-9-8-19(12-23(21)30)20-14-32-28(37-2)33-15-20)25(18-6-4-17(13-31)5-7-18)26(29)24(16-35)34-27(29)36/h4-9,12,14-15,22,24-26,35H,3,10-11,13,16H2,1-2H3,(H,34,36)/t22-,24+,25-,26-,29+/m0/s1. The number of hydrogen-bond donors (Lipinski definition) is 2. The van der Waals surface area contributed by atoms with Crippen LogP contribution >= 0.6 is 34.2 Å². The summed E-state index contributed by atoms with van der Waals surface area (Å²) < 4.78 is 6.02. The van der Waals surface area contributed by atoms with Crippen LogP contribution in [0.3, 0.4) is 0 Å². The molecule has 1 aliphatic heterocycles. The van der Waals surface area contributed by atoms with Crippen molar-refractivity contribution in [2.45, 2.75) is 48.5 Å². The summed E-state index contributed by atoms with van der Waals surface area (Å²) in [5, 5.41) is 14.2. The molecule has 2 fully saturated rings. The quantitative estimate of drug-likeness (QED) is 0.251. The number of ether oxygens (including phenoxy) is 1. The van der Waals surface area contributed by atoms with Crippen LogP contribution < -0.4 is 10.1 Å². The van der Waals surface area contributed by atoms with Crippen molar-refractivity contribution in [1.82, 2.24) is 15.3 Å². The Morgan fingerprint density at radius 2 is 1.89 bits per heavy atom. The number of amides is 1. The van der Waals surface area contributed by atoms with E-state index in [0.29, 0.717) is 11.0 Å². The zero-order valence-electron chi connectivity index (χ0n) is 21.0. The lowest BCUT2D eigenvalue weighted by molar-refractivity contribution is -0.131. The molecular weight excluding hydrogens is 601 g/mol. The molecule has 0 unspecified atom stereocenters. The summed E-state index contributed by atoms with van der Waals surface area (Å²) in [5.41, 5.74) is 4.84. The molecule has 1 saturated heterocycles. The number of nitrogens with zero attached hydrogens (tertiary/aromatic N) is 2. The first-order valence-corrected chi connectivity index (χ1v) is 14.6. The number of aliphatic hydroxyl groups is 1. The van der Waals surface area contributed by atoms with Gasteiger partial charge in [0, 0.05) is 33.3 Å². The third-order valence-corrected chi connectivity index (χ3v) is 9.66. The summed E-state index contributed by atoms with van der Waals surface area (Å²) in [5.74, 6) is 0.212. The molecular formula is C29H31ClIN3O3. The molecule has 8 heteroatoms. The summed E-state index contributed by atoms with van der Waals surface area (Å²) in [7, 11) is 1.54. The first-order valence-electron chi connectivity index (χ1n) is 12.7. The van der Waals surface area contributed by atoms with Crippen LogP contribution in [0.25, 0.3) is 11.1 Å². The Morgan fingerprint density at radius 1 is 1.16 bits per heavy atom. The van der Waals surface area contributed by atoms with Crippen LogP contribution in [0.1, 0.15) is 54.7 Å². The van der Waals surface area contributed by atoms with E-state index in [1.807, 2.05) is 6.07 Å². The van der Waals surface area contributed by atoms with Gasteiger partial charge in [0.2, 0.25) is 5.91 Å². The van der Waals surface area contributed by atoms with Gasteiger partial charge in [0.25, 0.3) is 0 Å². The van der Waals surface area contributed by atoms with Gasteiger partial charge >= 0.3 is 6.01 Å². The van der Waals surface area contributed by atoms with Crippen LogP contribution in [-0.2, 0) is 9.22 Å². The van der Waals surface area contributed by atoms with Crippen molar-refractivity contribution < 1.29 is 14.6 Å². The van der Waals surface area contributed by atoms with Crippen molar-refractivity contribution in [2.75, 3.05) is 13.7 Å². The molecule has 1 saturated carbocycles. The van der Waals surface area contributed by atoms with Gasteiger partial charge in [-0.05, 0) is 59.4 Å². The van der Waals surface area contributed by atoms with Crippen LogP contribution in [0.5, 0.6) is 6.01 Å². The lowest BCUT2D eigenvalue weighted by Gasteiger charge is -2.48. The van der Waals surface area contributed by atoms with Crippen molar-refractivity contribution >= 4 is 40.1 Å². The molecule has 0 radical (unpaired) electrons. The molecule has 6 nitrogen and oxygen atoms in total. The number of halogens is 2. The summed E-state index contributed by atoms with van der Waals surface area (Å²) >= 11 is 9.36. The number of carbonyl (C=O) groups excluding carboxylic acids is 1. The second-order valence-electron chi connectivity index (χ2n) is 10.0. The monoisotopic (exact) mass is 631 g/mol. The minimum Gasteiger partial charge on any atom is -0.467 e. The molecule has 2 aromatic carbocycles. The zero-order chi connectivity index (χ0) is 26.2. The van der Waals surface area contributed by atoms with Crippen molar-refractivity contribution in [3.63, 3.8) is 0 Å². The van der Waals surface area contributed by atoms with Gasteiger partial charge in [-0.2, -0.15) is 0 Å². The zero-order valence-corrected chi connectivity index (χ0v) is 23.9. The first kappa shape index (κ1) is 26.4. The lowest BCUT2D eigenvalue weighted by atomic mass is 9.54. The molecule has 5 atom stereocenters. The molecule has 2 N–H and O–H groups in total. The molecule has 5 rings (SSSR count). The third kappa shape index (κ3) is 4.63. The fourth-order valence-electron chi connectivity index (χ4n) is 6.58. The number of carbonyl (C=O) groups is 1. The Balaban J connectivity index is 1.58. The van der Waals surface area contributed by atoms with E-state index in [2.05, 4.69) is 81.2 Å². The van der Waals surface area contributed by atoms with Crippen molar-refractivity contribution in [3.05, 3.63) is 76.6 Å². The van der Waals surface area contributed by atoms with Crippen molar-refractivity contribution in [2.24, 2.45) is 11.3 Å². The van der Waals surface area contributed by atoms with Crippen LogP contribution in [0.2, 0.25) is 5.02 Å². The summed E-state index contributed by atoms with van der Waals surface area (Å²) in [6.45, 7) is 2.03. The number of fused-ring (bicyclic) bond motifs is 1. The molecule has 2 heterocycles. The number of nitrogens with one attached hydrogen (secondary N) is 1. The van der Waals surface area contributed by atoms with E-state index in [9.17, 15) is 9.90 Å². The number of hydrogen-bond acceptors (Lipinski definition) is 5. The minimum absolute atomic E-state index is 0.0232. The topological polar surface area (TPSA) is 84.3 Å². The predicted molar refractivity (Wildman–Crippen MR) is 153 cm³/mol. The number of methoxy groups -OCH3 is 1. The normalized spacial score (nSPS) is 27.0. The maximum absolute atomic E-state index is 13.3. The maximum atomic E-state index is 13.3. The minimum atomic E-state index is -0.483. The summed E-state index contributed by atoms with van der Waals surface area (Å²) in [4.78, 5) is 21.7. The van der Waals surface area contributed by atoms with Crippen LogP contribution in [0.4, 0.5) is 0 Å². The smallest absolute Gasteiger partial charge is 0.316 e. The molecule has 0 spiro atoms. The number of alkyl halides is 1. The molecule has 1 amide bonds. The summed E-state index contributed by atoms with van der Waals surface area (Å²) in [6, 6.07) is 14.9. The summed E-state index contributed by atoms with van der Waals surface area (Å²) in [6.07, 6.45) is 5.82. The first-order chi connectivity index (χ1) is 17.9. The average molecular weight is 632 g/mol. The number of rotatable bonds is 7. The Labute approximate surface area is 236 Å². The van der Waals surface area contributed by atoms with Gasteiger partial charge in [-0.15, -0.1) is 0 Å². The Kier molecular flexibility index (Phi) is 7.75. The van der Waals surface area contributed by atoms with E-state index < -0.39 is 5.41 Å². The van der Waals surface area contributed by atoms with Gasteiger partial charge < -0.3 is 15.2 Å². The highest BCUT2D eigenvalue weighted by atomic mass is 127. The van der Waals surface area contributed by atoms with Gasteiger partial charge in [-0.1, -0.05) is 77.5 Å². The maximum Gasteiger partial charge on any atom is 0.316 e. The Hall–Kier alpha value is -2.23. The van der Waals surface area contributed by atoms with Crippen molar-refractivity contribution in [1.29, 1.82) is 0 Å². The van der Waals surface area contributed by atoms with Gasteiger partial charge in [-0.3, -0.25) is 4.79 Å². The number of benzene rings is 2. The average Bonchev–Trinajstić information content (AvgIpc) is 3.24. The SMILES string of the molecule is CC[C@@]12CC[C@@H](c3ccc(-c4cnc(OC)nc4)cc3Cl)[C@H](c3ccc(CI)cc3)[C@@H]1[C@@H](CO)NC2=O. The Bertz CT molecular complexity index is 1270. The Morgan fingerprint density at radius 3 is 2.49 bits per heavy atom. The fraction of sp³-hybridized carbons (Fsp3) is 0.414. The highest BCUT2D eigenvalue weighted by Gasteiger charge is 2.60. The van der Waals surface area contributed by atoms with Crippen LogP contribution in [0.15, 0.2) is 54.9 Å². The number of aliphatic hydroxyl groups excluding tert-OH is 1. The van der Waals surface area contributed by atoms with E-state index in [-0.39, 0.29) is 36.3 Å². The fourth-order valence-corrected chi connectivity index (χ4v) is 7.41. The van der Waals surface area contributed by atoms with Gasteiger partial charge in [0.05, 0.1) is 25.2 Å². The highest BCUT2D eigenvalue weighted by Crippen LogP contribution is 2.60. The highest BCUT2D eigenvalue weighted by molar-refractivity contribution is 14.1. The van der Waals surface area contributed by atoms with Gasteiger partial charge in [-0.25, -0.2) is 9.97 Å². The molecule has 2 aliphatic rings. The van der Waals surface area contributed by atoms with Crippen LogP contribution in [0, 0.1) is 11.3 Å². The molecule has 3 aromatic rings. The molecule has 1 aliphatic carbocycles. The van der Waals surface area contributed by atoms with E-state index in [0.717, 1.165) is 40.4 Å². The second kappa shape index (κ2) is 10.9. The molecule has 1 aromatic heterocycles. The molecule has 194 valence electrons.